The number of ether oxygens (including phenoxy) is 2. The van der Waals surface area contributed by atoms with Gasteiger partial charge in [0, 0.05) is 0 Å². The van der Waals surface area contributed by atoms with Gasteiger partial charge in [0.05, 0.1) is 7.11 Å². The minimum atomic E-state index is -5.16. The molecule has 0 spiro atoms. The number of ketones is 1. The summed E-state index contributed by atoms with van der Waals surface area (Å²) in [5.41, 5.74) is -1.04. The number of carbonyl (C=O) groups is 2. The largest absolute Gasteiger partial charge is 0.507 e. The summed E-state index contributed by atoms with van der Waals surface area (Å²) in [5.74, 6) is -4.53. The summed E-state index contributed by atoms with van der Waals surface area (Å²) in [6.45, 7) is -0.682. The first-order chi connectivity index (χ1) is 8.77. The van der Waals surface area contributed by atoms with E-state index in [9.17, 15) is 27.9 Å². The number of carbonyl (C=O) groups excluding carboxylic acids is 2. The van der Waals surface area contributed by atoms with E-state index >= 15 is 0 Å². The lowest BCUT2D eigenvalue weighted by atomic mass is 10.1. The van der Waals surface area contributed by atoms with Gasteiger partial charge in [0.25, 0.3) is 5.78 Å². The standard InChI is InChI=1S/C11H9F3O5/c1-18-8(16)5-19-7-4-2-3-6(15)9(7)10(17)11(12,13)14/h2-4,15H,5H2,1H3. The van der Waals surface area contributed by atoms with Crippen molar-refractivity contribution in [1.82, 2.24) is 0 Å². The van der Waals surface area contributed by atoms with Gasteiger partial charge < -0.3 is 14.6 Å². The van der Waals surface area contributed by atoms with E-state index in [2.05, 4.69) is 4.74 Å². The van der Waals surface area contributed by atoms with E-state index in [4.69, 9.17) is 4.74 Å². The predicted octanol–water partition coefficient (Wildman–Crippen LogP) is 1.69. The molecule has 0 heterocycles. The molecule has 1 aromatic carbocycles. The van der Waals surface area contributed by atoms with Crippen LogP contribution in [0, 0.1) is 0 Å². The zero-order chi connectivity index (χ0) is 14.6. The van der Waals surface area contributed by atoms with Crippen LogP contribution >= 0.6 is 0 Å². The lowest BCUT2D eigenvalue weighted by molar-refractivity contribution is -0.142. The number of phenols is 1. The number of rotatable bonds is 4. The van der Waals surface area contributed by atoms with E-state index in [1.165, 1.54) is 6.07 Å². The van der Waals surface area contributed by atoms with Crippen molar-refractivity contribution in [2.45, 2.75) is 6.18 Å². The van der Waals surface area contributed by atoms with Gasteiger partial charge in [0.15, 0.2) is 6.61 Å². The lowest BCUT2D eigenvalue weighted by Crippen LogP contribution is -2.24. The highest BCUT2D eigenvalue weighted by atomic mass is 19.4. The smallest absolute Gasteiger partial charge is 0.455 e. The van der Waals surface area contributed by atoms with Gasteiger partial charge in [0.2, 0.25) is 0 Å². The van der Waals surface area contributed by atoms with E-state index < -0.39 is 41.6 Å². The molecule has 0 bridgehead atoms. The first-order valence-electron chi connectivity index (χ1n) is 4.90. The Bertz CT molecular complexity index is 496. The van der Waals surface area contributed by atoms with Gasteiger partial charge in [-0.25, -0.2) is 4.79 Å². The van der Waals surface area contributed by atoms with Gasteiger partial charge in [-0.3, -0.25) is 4.79 Å². The van der Waals surface area contributed by atoms with Crippen molar-refractivity contribution in [3.63, 3.8) is 0 Å². The number of halogens is 3. The monoisotopic (exact) mass is 278 g/mol. The molecule has 1 N–H and O–H groups in total. The molecule has 0 aliphatic heterocycles. The fourth-order valence-corrected chi connectivity index (χ4v) is 1.21. The Morgan fingerprint density at radius 2 is 1.95 bits per heavy atom. The quantitative estimate of drug-likeness (QED) is 0.670. The second-order valence-corrected chi connectivity index (χ2v) is 3.34. The molecule has 0 radical (unpaired) electrons. The SMILES string of the molecule is COC(=O)COc1cccc(O)c1C(=O)C(F)(F)F. The number of hydrogen-bond acceptors (Lipinski definition) is 5. The third kappa shape index (κ3) is 3.60. The molecule has 0 aromatic heterocycles. The topological polar surface area (TPSA) is 72.8 Å². The number of esters is 1. The molecule has 8 heteroatoms. The van der Waals surface area contributed by atoms with Crippen molar-refractivity contribution < 1.29 is 37.3 Å². The van der Waals surface area contributed by atoms with Crippen molar-refractivity contribution in [3.05, 3.63) is 23.8 Å². The van der Waals surface area contributed by atoms with Crippen LogP contribution in [0.1, 0.15) is 10.4 Å². The van der Waals surface area contributed by atoms with Gasteiger partial charge in [-0.15, -0.1) is 0 Å². The minimum absolute atomic E-state index is 0.548. The van der Waals surface area contributed by atoms with Crippen LogP contribution in [0.15, 0.2) is 18.2 Å². The zero-order valence-corrected chi connectivity index (χ0v) is 9.65. The number of Topliss-reactive ketones (excluding diaryl/α,β-unsaturated/α-hetero) is 1. The number of hydrogen-bond donors (Lipinski definition) is 1. The maximum Gasteiger partial charge on any atom is 0.455 e. The van der Waals surface area contributed by atoms with Gasteiger partial charge in [-0.1, -0.05) is 6.07 Å². The van der Waals surface area contributed by atoms with Crippen LogP contribution in [0.25, 0.3) is 0 Å². The van der Waals surface area contributed by atoms with Crippen LogP contribution in [0.2, 0.25) is 0 Å². The maximum absolute atomic E-state index is 12.4. The molecule has 0 aliphatic carbocycles. The zero-order valence-electron chi connectivity index (χ0n) is 9.65. The molecule has 0 aliphatic rings. The number of phenolic OH excluding ortho intramolecular Hbond substituents is 1. The first kappa shape index (κ1) is 14.8. The molecule has 1 rings (SSSR count). The highest BCUT2D eigenvalue weighted by Crippen LogP contribution is 2.33. The number of methoxy groups -OCH3 is 1. The van der Waals surface area contributed by atoms with Gasteiger partial charge >= 0.3 is 12.1 Å². The average Bonchev–Trinajstić information content (AvgIpc) is 2.34. The number of aromatic hydroxyl groups is 1. The summed E-state index contributed by atoms with van der Waals surface area (Å²) in [7, 11) is 1.07. The summed E-state index contributed by atoms with van der Waals surface area (Å²) >= 11 is 0. The summed E-state index contributed by atoms with van der Waals surface area (Å²) in [4.78, 5) is 22.0. The summed E-state index contributed by atoms with van der Waals surface area (Å²) in [5, 5.41) is 9.33. The van der Waals surface area contributed by atoms with E-state index in [1.54, 1.807) is 0 Å². The van der Waals surface area contributed by atoms with Gasteiger partial charge in [-0.2, -0.15) is 13.2 Å². The Morgan fingerprint density at radius 3 is 2.47 bits per heavy atom. The molecule has 0 atom stereocenters. The van der Waals surface area contributed by atoms with Crippen molar-refractivity contribution >= 4 is 11.8 Å². The van der Waals surface area contributed by atoms with Crippen LogP contribution in [-0.4, -0.2) is 36.8 Å². The van der Waals surface area contributed by atoms with Gasteiger partial charge in [0.1, 0.15) is 17.1 Å². The van der Waals surface area contributed by atoms with Crippen LogP contribution < -0.4 is 4.74 Å². The van der Waals surface area contributed by atoms with Crippen LogP contribution in [0.5, 0.6) is 11.5 Å². The fourth-order valence-electron chi connectivity index (χ4n) is 1.21. The lowest BCUT2D eigenvalue weighted by Gasteiger charge is -2.12. The second-order valence-electron chi connectivity index (χ2n) is 3.34. The molecule has 0 amide bonds. The Kier molecular flexibility index (Phi) is 4.36. The minimum Gasteiger partial charge on any atom is -0.507 e. The number of alkyl halides is 3. The number of benzene rings is 1. The third-order valence-electron chi connectivity index (χ3n) is 2.06. The summed E-state index contributed by atoms with van der Waals surface area (Å²) in [6.07, 6.45) is -5.16. The van der Waals surface area contributed by atoms with Crippen LogP contribution in [0.4, 0.5) is 13.2 Å². The molecule has 0 unspecified atom stereocenters. The van der Waals surface area contributed by atoms with Crippen molar-refractivity contribution in [1.29, 1.82) is 0 Å². The molecule has 0 saturated carbocycles. The average molecular weight is 278 g/mol. The van der Waals surface area contributed by atoms with E-state index in [0.29, 0.717) is 0 Å². The first-order valence-corrected chi connectivity index (χ1v) is 4.90. The summed E-state index contributed by atoms with van der Waals surface area (Å²) < 4.78 is 46.0. The Hall–Kier alpha value is -2.25. The molecule has 104 valence electrons. The Balaban J connectivity index is 3.09. The highest BCUT2D eigenvalue weighted by Gasteiger charge is 2.42. The van der Waals surface area contributed by atoms with Gasteiger partial charge in [-0.05, 0) is 12.1 Å². The normalized spacial score (nSPS) is 10.9. The van der Waals surface area contributed by atoms with E-state index in [-0.39, 0.29) is 0 Å². The second kappa shape index (κ2) is 5.59. The molecular weight excluding hydrogens is 269 g/mol. The Labute approximate surface area is 105 Å². The summed E-state index contributed by atoms with van der Waals surface area (Å²) in [6, 6.07) is 3.11. The molecule has 19 heavy (non-hydrogen) atoms. The molecule has 0 saturated heterocycles. The highest BCUT2D eigenvalue weighted by molar-refractivity contribution is 6.04. The maximum atomic E-state index is 12.4. The third-order valence-corrected chi connectivity index (χ3v) is 2.06. The Morgan fingerprint density at radius 1 is 1.32 bits per heavy atom. The van der Waals surface area contributed by atoms with E-state index in [1.807, 2.05) is 0 Å². The predicted molar refractivity (Wildman–Crippen MR) is 56.0 cm³/mol. The van der Waals surface area contributed by atoms with E-state index in [0.717, 1.165) is 19.2 Å². The van der Waals surface area contributed by atoms with Crippen LogP contribution in [-0.2, 0) is 9.53 Å². The fraction of sp³-hybridized carbons (Fsp3) is 0.273. The van der Waals surface area contributed by atoms with Crippen molar-refractivity contribution in [2.75, 3.05) is 13.7 Å². The molecule has 1 aromatic rings. The molecule has 5 nitrogen and oxygen atoms in total. The van der Waals surface area contributed by atoms with Crippen molar-refractivity contribution in [3.8, 4) is 11.5 Å². The van der Waals surface area contributed by atoms with Crippen LogP contribution in [0.3, 0.4) is 0 Å². The molecule has 0 fully saturated rings. The van der Waals surface area contributed by atoms with Crippen molar-refractivity contribution in [2.24, 2.45) is 0 Å². The molecular formula is C11H9F3O5.